The van der Waals surface area contributed by atoms with Crippen LogP contribution >= 0.6 is 12.2 Å². The highest BCUT2D eigenvalue weighted by molar-refractivity contribution is 7.71. The highest BCUT2D eigenvalue weighted by Gasteiger charge is 2.09. The highest BCUT2D eigenvalue weighted by Crippen LogP contribution is 2.23. The molecule has 2 aromatic heterocycles. The van der Waals surface area contributed by atoms with Gasteiger partial charge in [-0.1, -0.05) is 18.2 Å². The molecule has 4 N–H and O–H groups in total. The number of nitrogens with one attached hydrogen (secondary N) is 2. The van der Waals surface area contributed by atoms with Crippen LogP contribution < -0.4 is 11.1 Å². The molecule has 3 aromatic rings. The molecular weight excluding hydrogens is 274 g/mol. The molecule has 0 saturated carbocycles. The third kappa shape index (κ3) is 2.12. The van der Waals surface area contributed by atoms with Crippen LogP contribution in [0.1, 0.15) is 0 Å². The van der Waals surface area contributed by atoms with Gasteiger partial charge in [0.05, 0.1) is 22.7 Å². The van der Waals surface area contributed by atoms with Gasteiger partial charge < -0.3 is 20.6 Å². The zero-order valence-corrected chi connectivity index (χ0v) is 11.4. The molecule has 0 aliphatic rings. The maximum absolute atomic E-state index is 10.7. The van der Waals surface area contributed by atoms with Gasteiger partial charge in [-0.05, 0) is 18.3 Å². The van der Waals surface area contributed by atoms with E-state index in [-0.39, 0.29) is 0 Å². The first-order valence-corrected chi connectivity index (χ1v) is 6.57. The molecule has 1 aromatic carbocycles. The molecule has 0 fully saturated rings. The summed E-state index contributed by atoms with van der Waals surface area (Å²) in [5, 5.41) is 3.59. The van der Waals surface area contributed by atoms with Crippen LogP contribution in [-0.2, 0) is 6.54 Å². The number of nitrogens with two attached hydrogens (primary N) is 1. The average Bonchev–Trinajstić information content (AvgIpc) is 2.75. The van der Waals surface area contributed by atoms with Crippen LogP contribution in [0.3, 0.4) is 0 Å². The number of carbonyl (C=O) groups is 1. The first kappa shape index (κ1) is 12.6. The van der Waals surface area contributed by atoms with E-state index >= 15 is 0 Å². The molecule has 0 saturated heterocycles. The van der Waals surface area contributed by atoms with Crippen molar-refractivity contribution in [3.63, 3.8) is 0 Å². The number of rotatable bonds is 3. The van der Waals surface area contributed by atoms with Crippen molar-refractivity contribution in [2.24, 2.45) is 5.73 Å². The monoisotopic (exact) mass is 287 g/mol. The van der Waals surface area contributed by atoms with Gasteiger partial charge in [0.2, 0.25) is 0 Å². The van der Waals surface area contributed by atoms with Crippen molar-refractivity contribution in [3.05, 3.63) is 35.2 Å². The summed E-state index contributed by atoms with van der Waals surface area (Å²) in [4.78, 5) is 18.3. The lowest BCUT2D eigenvalue weighted by Crippen LogP contribution is -2.32. The molecule has 0 bridgehead atoms. The number of amides is 2. The second kappa shape index (κ2) is 4.93. The van der Waals surface area contributed by atoms with Crippen LogP contribution in [0.2, 0.25) is 0 Å². The predicted molar refractivity (Wildman–Crippen MR) is 80.0 cm³/mol. The summed E-state index contributed by atoms with van der Waals surface area (Å²) >= 11 is 5.33. The summed E-state index contributed by atoms with van der Waals surface area (Å²) in [6.45, 7) is 0.975. The molecule has 0 unspecified atom stereocenters. The Labute approximate surface area is 119 Å². The van der Waals surface area contributed by atoms with Gasteiger partial charge in [0.1, 0.15) is 0 Å². The topological polar surface area (TPSA) is 88.7 Å². The summed E-state index contributed by atoms with van der Waals surface area (Å²) < 4.78 is 2.55. The molecule has 0 atom stereocenters. The van der Waals surface area contributed by atoms with Gasteiger partial charge in [-0.3, -0.25) is 4.98 Å². The van der Waals surface area contributed by atoms with E-state index in [1.807, 2.05) is 28.8 Å². The maximum atomic E-state index is 10.7. The Kier molecular flexibility index (Phi) is 3.11. The minimum Gasteiger partial charge on any atom is -0.352 e. The number of pyridine rings is 1. The van der Waals surface area contributed by atoms with E-state index in [2.05, 4.69) is 15.3 Å². The maximum Gasteiger partial charge on any atom is 0.312 e. The van der Waals surface area contributed by atoms with Crippen molar-refractivity contribution in [1.29, 1.82) is 0 Å². The lowest BCUT2D eigenvalue weighted by atomic mass is 10.2. The lowest BCUT2D eigenvalue weighted by Gasteiger charge is -2.07. The highest BCUT2D eigenvalue weighted by atomic mass is 32.1. The zero-order chi connectivity index (χ0) is 14.1. The number of hydrogen-bond donors (Lipinski definition) is 3. The Morgan fingerprint density at radius 1 is 1.45 bits per heavy atom. The third-order valence-corrected chi connectivity index (χ3v) is 3.46. The van der Waals surface area contributed by atoms with Crippen LogP contribution in [0.5, 0.6) is 0 Å². The van der Waals surface area contributed by atoms with E-state index in [0.717, 1.165) is 21.9 Å². The number of primary amides is 1. The van der Waals surface area contributed by atoms with Crippen LogP contribution in [-0.4, -0.2) is 27.1 Å². The number of imidazole rings is 1. The Morgan fingerprint density at radius 3 is 3.05 bits per heavy atom. The van der Waals surface area contributed by atoms with Gasteiger partial charge in [-0.2, -0.15) is 0 Å². The van der Waals surface area contributed by atoms with Crippen molar-refractivity contribution in [1.82, 2.24) is 19.9 Å². The third-order valence-electron chi connectivity index (χ3n) is 3.14. The second-order valence-electron chi connectivity index (χ2n) is 4.41. The fourth-order valence-corrected chi connectivity index (χ4v) is 2.59. The van der Waals surface area contributed by atoms with Crippen molar-refractivity contribution in [2.45, 2.75) is 6.54 Å². The number of nitrogens with zero attached hydrogens (tertiary/aromatic N) is 2. The summed E-state index contributed by atoms with van der Waals surface area (Å²) in [6, 6.07) is 7.33. The summed E-state index contributed by atoms with van der Waals surface area (Å²) in [6.07, 6.45) is 1.77. The Bertz CT molecular complexity index is 851. The first-order valence-electron chi connectivity index (χ1n) is 6.16. The quantitative estimate of drug-likeness (QED) is 0.643. The van der Waals surface area contributed by atoms with E-state index in [1.165, 1.54) is 0 Å². The van der Waals surface area contributed by atoms with Crippen LogP contribution in [0.25, 0.3) is 21.9 Å². The van der Waals surface area contributed by atoms with E-state index < -0.39 is 6.03 Å². The van der Waals surface area contributed by atoms with Crippen molar-refractivity contribution >= 4 is 40.2 Å². The summed E-state index contributed by atoms with van der Waals surface area (Å²) in [7, 11) is 0. The minimum atomic E-state index is -0.539. The van der Waals surface area contributed by atoms with Crippen LogP contribution in [0.4, 0.5) is 4.79 Å². The Balaban J connectivity index is 2.15. The molecule has 2 heterocycles. The predicted octanol–water partition coefficient (Wildman–Crippen LogP) is 1.92. The molecule has 3 rings (SSSR count). The smallest absolute Gasteiger partial charge is 0.312 e. The SMILES string of the molecule is NC(=O)NCCn1c(=S)[nH]c2cnc3ccccc3c21. The fraction of sp³-hybridized carbons (Fsp3) is 0.154. The normalized spacial score (nSPS) is 11.0. The molecule has 2 amide bonds. The largest absolute Gasteiger partial charge is 0.352 e. The van der Waals surface area contributed by atoms with Crippen molar-refractivity contribution in [3.8, 4) is 0 Å². The van der Waals surface area contributed by atoms with Crippen LogP contribution in [0.15, 0.2) is 30.5 Å². The van der Waals surface area contributed by atoms with E-state index in [0.29, 0.717) is 17.9 Å². The Hall–Kier alpha value is -2.41. The van der Waals surface area contributed by atoms with E-state index in [4.69, 9.17) is 18.0 Å². The molecule has 0 spiro atoms. The molecule has 7 heteroatoms. The van der Waals surface area contributed by atoms with Crippen molar-refractivity contribution in [2.75, 3.05) is 6.54 Å². The number of H-pyrrole nitrogens is 1. The van der Waals surface area contributed by atoms with Gasteiger partial charge in [-0.15, -0.1) is 0 Å². The van der Waals surface area contributed by atoms with E-state index in [9.17, 15) is 4.79 Å². The number of para-hydroxylation sites is 1. The van der Waals surface area contributed by atoms with Gasteiger partial charge in [-0.25, -0.2) is 4.79 Å². The molecule has 0 aliphatic heterocycles. The fourth-order valence-electron chi connectivity index (χ4n) is 2.30. The molecule has 0 radical (unpaired) electrons. The minimum absolute atomic E-state index is 0.424. The molecule has 6 nitrogen and oxygen atoms in total. The zero-order valence-electron chi connectivity index (χ0n) is 10.6. The Morgan fingerprint density at radius 2 is 2.25 bits per heavy atom. The number of fused-ring (bicyclic) bond motifs is 3. The number of benzene rings is 1. The van der Waals surface area contributed by atoms with Gasteiger partial charge >= 0.3 is 6.03 Å². The number of aromatic amines is 1. The number of aromatic nitrogens is 3. The van der Waals surface area contributed by atoms with Gasteiger partial charge in [0.15, 0.2) is 4.77 Å². The first-order chi connectivity index (χ1) is 9.66. The lowest BCUT2D eigenvalue weighted by molar-refractivity contribution is 0.248. The second-order valence-corrected chi connectivity index (χ2v) is 4.80. The van der Waals surface area contributed by atoms with Gasteiger partial charge in [0, 0.05) is 18.5 Å². The number of carbonyl (C=O) groups excluding carboxylic acids is 1. The van der Waals surface area contributed by atoms with Crippen molar-refractivity contribution < 1.29 is 4.79 Å². The summed E-state index contributed by atoms with van der Waals surface area (Å²) in [5.41, 5.74) is 7.85. The molecule has 20 heavy (non-hydrogen) atoms. The summed E-state index contributed by atoms with van der Waals surface area (Å²) in [5.74, 6) is 0. The van der Waals surface area contributed by atoms with Gasteiger partial charge in [0.25, 0.3) is 0 Å². The van der Waals surface area contributed by atoms with E-state index in [1.54, 1.807) is 6.20 Å². The standard InChI is InChI=1S/C13H13N5OS/c14-12(19)15-5-6-18-11-8-3-1-2-4-9(8)16-7-10(11)17-13(18)20/h1-4,7H,5-6H2,(H,17,20)(H3,14,15,19). The number of hydrogen-bond acceptors (Lipinski definition) is 3. The van der Waals surface area contributed by atoms with Crippen LogP contribution in [0, 0.1) is 4.77 Å². The average molecular weight is 287 g/mol. The molecule has 102 valence electrons. The number of urea groups is 1. The molecular formula is C13H13N5OS. The molecule has 0 aliphatic carbocycles.